The van der Waals surface area contributed by atoms with Crippen molar-refractivity contribution in [1.29, 1.82) is 0 Å². The van der Waals surface area contributed by atoms with E-state index in [1.807, 2.05) is 0 Å². The van der Waals surface area contributed by atoms with Crippen molar-refractivity contribution in [2.75, 3.05) is 7.05 Å². The second-order valence-electron chi connectivity index (χ2n) is 2.55. The van der Waals surface area contributed by atoms with Crippen LogP contribution in [-0.2, 0) is 0 Å². The first-order chi connectivity index (χ1) is 5.34. The van der Waals surface area contributed by atoms with Gasteiger partial charge in [0.1, 0.15) is 6.04 Å². The molecule has 0 saturated carbocycles. The Hall–Kier alpha value is -0.420. The van der Waals surface area contributed by atoms with Crippen LogP contribution in [0.5, 0.6) is 0 Å². The van der Waals surface area contributed by atoms with Crippen LogP contribution in [0.3, 0.4) is 0 Å². The molecule has 1 aliphatic rings. The maximum absolute atomic E-state index is 12.2. The Morgan fingerprint density at radius 2 is 2.00 bits per heavy atom. The molecule has 1 heterocycles. The highest BCUT2D eigenvalue weighted by atomic mass is 35.5. The Labute approximate surface area is 72.9 Å². The van der Waals surface area contributed by atoms with Gasteiger partial charge in [-0.25, -0.2) is 0 Å². The van der Waals surface area contributed by atoms with Crippen molar-refractivity contribution in [3.8, 4) is 0 Å². The van der Waals surface area contributed by atoms with E-state index in [-0.39, 0.29) is 10.7 Å². The van der Waals surface area contributed by atoms with E-state index in [9.17, 15) is 13.2 Å². The van der Waals surface area contributed by atoms with E-state index in [4.69, 9.17) is 11.6 Å². The smallest absolute Gasteiger partial charge is 0.407 e. The molecule has 1 unspecified atom stereocenters. The second kappa shape index (κ2) is 2.81. The molecule has 6 heteroatoms. The number of hydrogen-bond acceptors (Lipinski definition) is 1. The summed E-state index contributed by atoms with van der Waals surface area (Å²) in [6.45, 7) is 1.45. The maximum Gasteiger partial charge on any atom is 0.407 e. The topological polar surface area (TPSA) is 17.3 Å². The van der Waals surface area contributed by atoms with Crippen molar-refractivity contribution in [1.82, 2.24) is 5.01 Å². The van der Waals surface area contributed by atoms with E-state index < -0.39 is 12.2 Å². The molecule has 0 aromatic heterocycles. The van der Waals surface area contributed by atoms with Crippen LogP contribution in [-0.4, -0.2) is 24.3 Å². The Balaban J connectivity index is 2.91. The van der Waals surface area contributed by atoms with Gasteiger partial charge in [-0.05, 0) is 7.05 Å². The third-order valence-corrected chi connectivity index (χ3v) is 2.06. The Morgan fingerprint density at radius 3 is 2.17 bits per heavy atom. The summed E-state index contributed by atoms with van der Waals surface area (Å²) in [5.41, 5.74) is 3.80. The van der Waals surface area contributed by atoms with Gasteiger partial charge in [-0.1, -0.05) is 18.5 Å². The molecule has 0 aliphatic carbocycles. The summed E-state index contributed by atoms with van der Waals surface area (Å²) in [6.07, 6.45) is -4.35. The third-order valence-electron chi connectivity index (χ3n) is 1.58. The van der Waals surface area contributed by atoms with E-state index >= 15 is 0 Å². The molecule has 1 rings (SSSR count). The lowest BCUT2D eigenvalue weighted by Crippen LogP contribution is -2.38. The SMILES string of the molecule is CC1=C(Cl)C(C(F)(F)F)N(C)[N-]1. The van der Waals surface area contributed by atoms with Gasteiger partial charge in [0.05, 0.1) is 0 Å². The average molecular weight is 200 g/mol. The van der Waals surface area contributed by atoms with Crippen LogP contribution in [0.2, 0.25) is 0 Å². The molecular formula is C6H7ClF3N2-. The Kier molecular flexibility index (Phi) is 2.27. The first-order valence-corrected chi connectivity index (χ1v) is 3.59. The molecular weight excluding hydrogens is 193 g/mol. The van der Waals surface area contributed by atoms with E-state index in [1.54, 1.807) is 0 Å². The summed E-state index contributed by atoms with van der Waals surface area (Å²) < 4.78 is 36.6. The highest BCUT2D eigenvalue weighted by molar-refractivity contribution is 6.31. The summed E-state index contributed by atoms with van der Waals surface area (Å²) in [7, 11) is 1.25. The van der Waals surface area contributed by atoms with Crippen molar-refractivity contribution in [3.05, 3.63) is 16.2 Å². The third kappa shape index (κ3) is 1.51. The minimum absolute atomic E-state index is 0.224. The van der Waals surface area contributed by atoms with Crippen molar-refractivity contribution >= 4 is 11.6 Å². The largest absolute Gasteiger partial charge is 0.622 e. The molecule has 0 bridgehead atoms. The number of alkyl halides is 3. The van der Waals surface area contributed by atoms with Crippen LogP contribution in [0.15, 0.2) is 10.7 Å². The monoisotopic (exact) mass is 199 g/mol. The lowest BCUT2D eigenvalue weighted by molar-refractivity contribution is -0.161. The van der Waals surface area contributed by atoms with Crippen molar-refractivity contribution < 1.29 is 13.2 Å². The van der Waals surface area contributed by atoms with E-state index in [0.717, 1.165) is 5.01 Å². The quantitative estimate of drug-likeness (QED) is 0.586. The maximum atomic E-state index is 12.2. The molecule has 1 atom stereocenters. The molecule has 1 aliphatic heterocycles. The van der Waals surface area contributed by atoms with Crippen LogP contribution in [0.1, 0.15) is 6.92 Å². The fourth-order valence-corrected chi connectivity index (χ4v) is 1.36. The van der Waals surface area contributed by atoms with Crippen molar-refractivity contribution in [3.63, 3.8) is 0 Å². The molecule has 0 radical (unpaired) electrons. The molecule has 0 amide bonds. The van der Waals surface area contributed by atoms with Crippen LogP contribution in [0.4, 0.5) is 13.2 Å². The molecule has 0 spiro atoms. The molecule has 0 saturated heterocycles. The standard InChI is InChI=1S/C6H7ClF3N2/c1-3-4(7)5(6(8,9)10)12(2)11-3/h5H,1-2H3/q-1. The number of nitrogens with zero attached hydrogens (tertiary/aromatic N) is 2. The first kappa shape index (κ1) is 9.67. The minimum atomic E-state index is -4.35. The van der Waals surface area contributed by atoms with E-state index in [0.29, 0.717) is 0 Å². The van der Waals surface area contributed by atoms with Gasteiger partial charge in [0, 0.05) is 5.03 Å². The number of likely N-dealkylation sites (N-methyl/N-ethyl adjacent to an activating group) is 1. The molecule has 0 fully saturated rings. The fourth-order valence-electron chi connectivity index (χ4n) is 1.06. The molecule has 0 aromatic rings. The van der Waals surface area contributed by atoms with Crippen molar-refractivity contribution in [2.24, 2.45) is 0 Å². The van der Waals surface area contributed by atoms with Crippen molar-refractivity contribution in [2.45, 2.75) is 19.1 Å². The molecule has 2 nitrogen and oxygen atoms in total. The number of rotatable bonds is 0. The van der Waals surface area contributed by atoms with Crippen LogP contribution < -0.4 is 0 Å². The predicted octanol–water partition coefficient (Wildman–Crippen LogP) is 2.62. The highest BCUT2D eigenvalue weighted by Gasteiger charge is 2.44. The van der Waals surface area contributed by atoms with Gasteiger partial charge in [-0.2, -0.15) is 13.2 Å². The molecule has 70 valence electrons. The van der Waals surface area contributed by atoms with Crippen LogP contribution in [0, 0.1) is 0 Å². The van der Waals surface area contributed by atoms with Crippen LogP contribution in [0.25, 0.3) is 5.43 Å². The second-order valence-corrected chi connectivity index (χ2v) is 2.96. The normalized spacial score (nSPS) is 26.3. The van der Waals surface area contributed by atoms with Gasteiger partial charge >= 0.3 is 6.18 Å². The van der Waals surface area contributed by atoms with Gasteiger partial charge in [0.25, 0.3) is 0 Å². The summed E-state index contributed by atoms with van der Waals surface area (Å²) >= 11 is 5.43. The van der Waals surface area contributed by atoms with Crippen LogP contribution >= 0.6 is 11.6 Å². The zero-order valence-corrected chi connectivity index (χ0v) is 7.24. The number of halogens is 4. The van der Waals surface area contributed by atoms with Gasteiger partial charge < -0.3 is 10.4 Å². The lowest BCUT2D eigenvalue weighted by atomic mass is 10.2. The van der Waals surface area contributed by atoms with E-state index in [2.05, 4.69) is 5.43 Å². The number of hydrogen-bond donors (Lipinski definition) is 0. The molecule has 12 heavy (non-hydrogen) atoms. The zero-order chi connectivity index (χ0) is 9.52. The molecule has 0 aromatic carbocycles. The fraction of sp³-hybridized carbons (Fsp3) is 0.667. The zero-order valence-electron chi connectivity index (χ0n) is 6.48. The van der Waals surface area contributed by atoms with E-state index in [1.165, 1.54) is 14.0 Å². The van der Waals surface area contributed by atoms with Gasteiger partial charge in [-0.3, -0.25) is 0 Å². The summed E-state index contributed by atoms with van der Waals surface area (Å²) in [4.78, 5) is 0. The number of allylic oxidation sites excluding steroid dienone is 1. The Morgan fingerprint density at radius 1 is 1.50 bits per heavy atom. The summed E-state index contributed by atoms with van der Waals surface area (Å²) in [5.74, 6) is 0. The highest BCUT2D eigenvalue weighted by Crippen LogP contribution is 2.40. The summed E-state index contributed by atoms with van der Waals surface area (Å²) in [6, 6.07) is -1.76. The lowest BCUT2D eigenvalue weighted by Gasteiger charge is -2.33. The average Bonchev–Trinajstić information content (AvgIpc) is 2.05. The molecule has 0 N–H and O–H groups in total. The van der Waals surface area contributed by atoms with Gasteiger partial charge in [0.15, 0.2) is 0 Å². The van der Waals surface area contributed by atoms with Gasteiger partial charge in [0.2, 0.25) is 0 Å². The Bertz CT molecular complexity index is 223. The minimum Gasteiger partial charge on any atom is -0.622 e. The van der Waals surface area contributed by atoms with Gasteiger partial charge in [-0.15, -0.1) is 5.70 Å². The first-order valence-electron chi connectivity index (χ1n) is 3.21. The predicted molar refractivity (Wildman–Crippen MR) is 39.5 cm³/mol. The summed E-state index contributed by atoms with van der Waals surface area (Å²) in [5, 5.41) is 0.572.